The zero-order chi connectivity index (χ0) is 14.2. The molecule has 0 radical (unpaired) electrons. The number of benzene rings is 1. The van der Waals surface area contributed by atoms with Crippen LogP contribution in [0, 0.1) is 27.3 Å². The maximum absolute atomic E-state index is 13.3. The topological polar surface area (TPSA) is 55.2 Å². The van der Waals surface area contributed by atoms with Crippen molar-refractivity contribution in [3.63, 3.8) is 0 Å². The van der Waals surface area contributed by atoms with Gasteiger partial charge in [-0.1, -0.05) is 20.8 Å². The summed E-state index contributed by atoms with van der Waals surface area (Å²) in [5.41, 5.74) is 0.417. The first-order valence-electron chi connectivity index (χ1n) is 6.49. The Morgan fingerprint density at radius 2 is 2.11 bits per heavy atom. The van der Waals surface area contributed by atoms with E-state index in [9.17, 15) is 14.5 Å². The van der Waals surface area contributed by atoms with Gasteiger partial charge in [0.2, 0.25) is 5.82 Å². The molecule has 2 unspecified atom stereocenters. The van der Waals surface area contributed by atoms with Crippen molar-refractivity contribution in [2.24, 2.45) is 11.3 Å². The van der Waals surface area contributed by atoms with E-state index < -0.39 is 16.4 Å². The number of hydrogen-bond donors (Lipinski definition) is 1. The summed E-state index contributed by atoms with van der Waals surface area (Å²) in [4.78, 5) is 10.0. The first-order valence-corrected chi connectivity index (χ1v) is 6.49. The summed E-state index contributed by atoms with van der Waals surface area (Å²) in [6.07, 6.45) is 2.13. The van der Waals surface area contributed by atoms with Crippen LogP contribution in [0.3, 0.4) is 0 Å². The minimum atomic E-state index is -0.796. The lowest BCUT2D eigenvalue weighted by atomic mass is 9.91. The van der Waals surface area contributed by atoms with Gasteiger partial charge in [-0.2, -0.15) is 4.39 Å². The van der Waals surface area contributed by atoms with Crippen LogP contribution < -0.4 is 5.32 Å². The Labute approximate surface area is 112 Å². The summed E-state index contributed by atoms with van der Waals surface area (Å²) in [5, 5.41) is 14.0. The van der Waals surface area contributed by atoms with Gasteiger partial charge >= 0.3 is 5.69 Å². The molecular formula is C14H19FN2O2. The van der Waals surface area contributed by atoms with E-state index in [0.29, 0.717) is 11.6 Å². The minimum Gasteiger partial charge on any atom is -0.382 e. The van der Waals surface area contributed by atoms with E-state index in [1.54, 1.807) is 6.07 Å². The van der Waals surface area contributed by atoms with Gasteiger partial charge in [0.1, 0.15) is 0 Å². The van der Waals surface area contributed by atoms with Crippen molar-refractivity contribution in [3.8, 4) is 0 Å². The lowest BCUT2D eigenvalue weighted by Crippen LogP contribution is -2.22. The van der Waals surface area contributed by atoms with Crippen LogP contribution in [0.25, 0.3) is 0 Å². The smallest absolute Gasteiger partial charge is 0.306 e. The van der Waals surface area contributed by atoms with Crippen molar-refractivity contribution in [3.05, 3.63) is 34.1 Å². The average Bonchev–Trinajstić information content (AvgIpc) is 2.54. The van der Waals surface area contributed by atoms with Crippen LogP contribution in [0.4, 0.5) is 15.8 Å². The largest absolute Gasteiger partial charge is 0.382 e. The Kier molecular flexibility index (Phi) is 3.47. The molecule has 2 rings (SSSR count). The molecule has 0 saturated heterocycles. The molecule has 19 heavy (non-hydrogen) atoms. The second kappa shape index (κ2) is 4.79. The van der Waals surface area contributed by atoms with Crippen molar-refractivity contribution in [1.29, 1.82) is 0 Å². The molecule has 4 nitrogen and oxygen atoms in total. The van der Waals surface area contributed by atoms with E-state index in [4.69, 9.17) is 0 Å². The molecule has 0 heterocycles. The summed E-state index contributed by atoms with van der Waals surface area (Å²) < 4.78 is 13.3. The van der Waals surface area contributed by atoms with Crippen LogP contribution in [0.15, 0.2) is 18.2 Å². The molecule has 1 N–H and O–H groups in total. The molecule has 0 bridgehead atoms. The monoisotopic (exact) mass is 266 g/mol. The average molecular weight is 266 g/mol. The van der Waals surface area contributed by atoms with Gasteiger partial charge in [0.15, 0.2) is 0 Å². The predicted molar refractivity (Wildman–Crippen MR) is 72.6 cm³/mol. The zero-order valence-corrected chi connectivity index (χ0v) is 11.4. The second-order valence-corrected chi connectivity index (χ2v) is 6.22. The lowest BCUT2D eigenvalue weighted by molar-refractivity contribution is -0.387. The molecule has 1 aromatic rings. The van der Waals surface area contributed by atoms with Gasteiger partial charge in [-0.25, -0.2) is 0 Å². The maximum Gasteiger partial charge on any atom is 0.306 e. The molecule has 0 aliphatic heterocycles. The van der Waals surface area contributed by atoms with Gasteiger partial charge in [-0.05, 0) is 36.3 Å². The molecular weight excluding hydrogens is 247 g/mol. The summed E-state index contributed by atoms with van der Waals surface area (Å²) in [5.74, 6) is -0.297. The molecule has 0 amide bonds. The highest BCUT2D eigenvalue weighted by molar-refractivity contribution is 5.52. The minimum absolute atomic E-state index is 0.278. The Balaban J connectivity index is 2.16. The van der Waals surface area contributed by atoms with E-state index >= 15 is 0 Å². The van der Waals surface area contributed by atoms with E-state index in [0.717, 1.165) is 18.9 Å². The van der Waals surface area contributed by atoms with Gasteiger partial charge in [-0.3, -0.25) is 10.1 Å². The van der Waals surface area contributed by atoms with Crippen LogP contribution >= 0.6 is 0 Å². The number of nitrogens with one attached hydrogen (secondary N) is 1. The first-order chi connectivity index (χ1) is 8.78. The quantitative estimate of drug-likeness (QED) is 0.665. The third-order valence-electron chi connectivity index (χ3n) is 3.83. The van der Waals surface area contributed by atoms with Gasteiger partial charge in [0, 0.05) is 17.8 Å². The number of rotatable bonds is 3. The Morgan fingerprint density at radius 1 is 1.42 bits per heavy atom. The van der Waals surface area contributed by atoms with Crippen molar-refractivity contribution >= 4 is 11.4 Å². The first kappa shape index (κ1) is 13.8. The van der Waals surface area contributed by atoms with Gasteiger partial charge in [-0.15, -0.1) is 0 Å². The molecule has 1 aliphatic rings. The highest BCUT2D eigenvalue weighted by Crippen LogP contribution is 2.42. The number of nitrogens with zero attached hydrogens (tertiary/aromatic N) is 1. The summed E-state index contributed by atoms with van der Waals surface area (Å²) >= 11 is 0. The highest BCUT2D eigenvalue weighted by Gasteiger charge is 2.36. The molecule has 1 aliphatic carbocycles. The van der Waals surface area contributed by atoms with Crippen LogP contribution in [0.2, 0.25) is 0 Å². The van der Waals surface area contributed by atoms with E-state index in [-0.39, 0.29) is 11.5 Å². The third kappa shape index (κ3) is 3.03. The summed E-state index contributed by atoms with van der Waals surface area (Å²) in [6.45, 7) is 6.61. The van der Waals surface area contributed by atoms with Gasteiger partial charge < -0.3 is 5.32 Å². The van der Waals surface area contributed by atoms with E-state index in [1.807, 2.05) is 0 Å². The van der Waals surface area contributed by atoms with Gasteiger partial charge in [0.25, 0.3) is 0 Å². The SMILES string of the molecule is CC1CC(C)(C)CC1Nc1ccc(F)c([N+](=O)[O-])c1. The second-order valence-electron chi connectivity index (χ2n) is 6.22. The van der Waals surface area contributed by atoms with Crippen molar-refractivity contribution in [1.82, 2.24) is 0 Å². The Morgan fingerprint density at radius 3 is 2.63 bits per heavy atom. The van der Waals surface area contributed by atoms with Crippen LogP contribution in [0.5, 0.6) is 0 Å². The Bertz CT molecular complexity index is 502. The van der Waals surface area contributed by atoms with Crippen LogP contribution in [-0.2, 0) is 0 Å². The van der Waals surface area contributed by atoms with Gasteiger partial charge in [0.05, 0.1) is 4.92 Å². The molecule has 2 atom stereocenters. The van der Waals surface area contributed by atoms with Crippen molar-refractivity contribution in [2.75, 3.05) is 5.32 Å². The number of nitro benzene ring substituents is 1. The zero-order valence-electron chi connectivity index (χ0n) is 11.4. The number of hydrogen-bond acceptors (Lipinski definition) is 3. The molecule has 5 heteroatoms. The molecule has 0 spiro atoms. The number of nitro groups is 1. The fraction of sp³-hybridized carbons (Fsp3) is 0.571. The molecule has 1 fully saturated rings. The normalized spacial score (nSPS) is 25.3. The highest BCUT2D eigenvalue weighted by atomic mass is 19.1. The molecule has 1 aromatic carbocycles. The molecule has 0 aromatic heterocycles. The van der Waals surface area contributed by atoms with E-state index in [1.165, 1.54) is 6.07 Å². The standard InChI is InChI=1S/C14H19FN2O2/c1-9-7-14(2,3)8-12(9)16-10-4-5-11(15)13(6-10)17(18)19/h4-6,9,12,16H,7-8H2,1-3H3. The van der Waals surface area contributed by atoms with Crippen LogP contribution in [0.1, 0.15) is 33.6 Å². The predicted octanol–water partition coefficient (Wildman–Crippen LogP) is 3.97. The molecule has 1 saturated carbocycles. The third-order valence-corrected chi connectivity index (χ3v) is 3.83. The van der Waals surface area contributed by atoms with Crippen LogP contribution in [-0.4, -0.2) is 11.0 Å². The maximum atomic E-state index is 13.3. The van der Waals surface area contributed by atoms with E-state index in [2.05, 4.69) is 26.1 Å². The summed E-state index contributed by atoms with van der Waals surface area (Å²) in [6, 6.07) is 4.25. The fourth-order valence-electron chi connectivity index (χ4n) is 3.04. The number of halogens is 1. The fourth-order valence-corrected chi connectivity index (χ4v) is 3.04. The number of anilines is 1. The van der Waals surface area contributed by atoms with Crippen molar-refractivity contribution in [2.45, 2.75) is 39.7 Å². The Hall–Kier alpha value is -1.65. The molecule has 104 valence electrons. The van der Waals surface area contributed by atoms with Crippen molar-refractivity contribution < 1.29 is 9.31 Å². The lowest BCUT2D eigenvalue weighted by Gasteiger charge is -2.19. The summed E-state index contributed by atoms with van der Waals surface area (Å²) in [7, 11) is 0.